The molecule has 4 nitrogen and oxygen atoms in total. The van der Waals surface area contributed by atoms with Crippen LogP contribution in [0.25, 0.3) is 0 Å². The molecule has 1 atom stereocenters. The monoisotopic (exact) mass is 190 g/mol. The second-order valence-electron chi connectivity index (χ2n) is 3.17. The van der Waals surface area contributed by atoms with Gasteiger partial charge in [0.25, 0.3) is 0 Å². The van der Waals surface area contributed by atoms with Gasteiger partial charge in [-0.25, -0.2) is 0 Å². The van der Waals surface area contributed by atoms with Crippen LogP contribution in [-0.2, 0) is 0 Å². The minimum atomic E-state index is 0.270. The van der Waals surface area contributed by atoms with Crippen LogP contribution in [-0.4, -0.2) is 46.2 Å². The van der Waals surface area contributed by atoms with Gasteiger partial charge in [-0.15, -0.1) is 0 Å². The fourth-order valence-corrected chi connectivity index (χ4v) is 1.65. The third kappa shape index (κ3) is 5.21. The lowest BCUT2D eigenvalue weighted by atomic mass is 10.1. The SMILES string of the molecule is CCC(CCN(O)O)N(CC)CC. The zero-order valence-electron chi connectivity index (χ0n) is 8.90. The maximum atomic E-state index is 8.59. The normalized spacial score (nSPS) is 14.1. The van der Waals surface area contributed by atoms with Gasteiger partial charge in [0.1, 0.15) is 0 Å². The molecule has 0 aromatic carbocycles. The quantitative estimate of drug-likeness (QED) is 0.598. The molecule has 2 N–H and O–H groups in total. The molecule has 0 heterocycles. The summed E-state index contributed by atoms with van der Waals surface area (Å²) in [5.41, 5.74) is 0. The molecular weight excluding hydrogens is 168 g/mol. The molecule has 0 aliphatic rings. The number of rotatable bonds is 7. The molecule has 0 saturated heterocycles. The van der Waals surface area contributed by atoms with Crippen LogP contribution in [0.4, 0.5) is 0 Å². The second kappa shape index (κ2) is 7.26. The molecule has 0 aromatic rings. The van der Waals surface area contributed by atoms with Crippen LogP contribution in [0.2, 0.25) is 0 Å². The molecule has 0 bridgehead atoms. The van der Waals surface area contributed by atoms with Crippen molar-refractivity contribution >= 4 is 0 Å². The van der Waals surface area contributed by atoms with Crippen molar-refractivity contribution in [2.75, 3.05) is 19.6 Å². The van der Waals surface area contributed by atoms with E-state index >= 15 is 0 Å². The summed E-state index contributed by atoms with van der Waals surface area (Å²) in [6.45, 7) is 8.73. The number of hydrogen-bond donors (Lipinski definition) is 2. The first-order chi connectivity index (χ1) is 6.15. The van der Waals surface area contributed by atoms with E-state index < -0.39 is 0 Å². The fourth-order valence-electron chi connectivity index (χ4n) is 1.65. The van der Waals surface area contributed by atoms with Gasteiger partial charge in [-0.2, -0.15) is 0 Å². The number of hydroxylamine groups is 2. The minimum Gasteiger partial charge on any atom is -0.301 e. The average molecular weight is 190 g/mol. The molecule has 0 aromatic heterocycles. The molecule has 0 spiro atoms. The van der Waals surface area contributed by atoms with Crippen LogP contribution in [0, 0.1) is 0 Å². The third-order valence-corrected chi connectivity index (χ3v) is 2.46. The standard InChI is InChI=1S/C9H22N2O2/c1-4-9(7-8-11(12)13)10(5-2)6-3/h9,12-13H,4-8H2,1-3H3. The molecule has 0 aliphatic heterocycles. The minimum absolute atomic E-state index is 0.270. The number of hydrogen-bond acceptors (Lipinski definition) is 4. The van der Waals surface area contributed by atoms with Crippen LogP contribution < -0.4 is 0 Å². The van der Waals surface area contributed by atoms with Gasteiger partial charge >= 0.3 is 0 Å². The molecule has 0 fully saturated rings. The van der Waals surface area contributed by atoms with Crippen LogP contribution in [0.3, 0.4) is 0 Å². The van der Waals surface area contributed by atoms with E-state index in [9.17, 15) is 0 Å². The zero-order valence-corrected chi connectivity index (χ0v) is 8.90. The van der Waals surface area contributed by atoms with Gasteiger partial charge in [-0.3, -0.25) is 10.4 Å². The molecule has 0 amide bonds. The Kier molecular flexibility index (Phi) is 7.17. The van der Waals surface area contributed by atoms with E-state index in [4.69, 9.17) is 10.4 Å². The first-order valence-electron chi connectivity index (χ1n) is 5.04. The smallest absolute Gasteiger partial charge is 0.0527 e. The Balaban J connectivity index is 3.85. The van der Waals surface area contributed by atoms with Crippen LogP contribution in [0.5, 0.6) is 0 Å². The Morgan fingerprint density at radius 2 is 1.62 bits per heavy atom. The van der Waals surface area contributed by atoms with Crippen LogP contribution in [0.15, 0.2) is 0 Å². The molecule has 80 valence electrons. The van der Waals surface area contributed by atoms with Gasteiger partial charge in [0, 0.05) is 6.04 Å². The average Bonchev–Trinajstić information content (AvgIpc) is 2.11. The van der Waals surface area contributed by atoms with Gasteiger partial charge in [0.2, 0.25) is 0 Å². The van der Waals surface area contributed by atoms with E-state index in [1.54, 1.807) is 0 Å². The summed E-state index contributed by atoms with van der Waals surface area (Å²) in [5.74, 6) is 0. The van der Waals surface area contributed by atoms with Crippen molar-refractivity contribution in [3.63, 3.8) is 0 Å². The lowest BCUT2D eigenvalue weighted by molar-refractivity contribution is -0.307. The molecule has 0 saturated carbocycles. The first-order valence-corrected chi connectivity index (χ1v) is 5.04. The molecule has 0 radical (unpaired) electrons. The molecule has 0 aliphatic carbocycles. The fraction of sp³-hybridized carbons (Fsp3) is 1.00. The van der Waals surface area contributed by atoms with Crippen molar-refractivity contribution in [1.29, 1.82) is 0 Å². The highest BCUT2D eigenvalue weighted by atomic mass is 16.8. The van der Waals surface area contributed by atoms with E-state index in [0.717, 1.165) is 25.9 Å². The number of nitrogens with zero attached hydrogens (tertiary/aromatic N) is 2. The van der Waals surface area contributed by atoms with Gasteiger partial charge in [-0.05, 0) is 25.9 Å². The molecule has 13 heavy (non-hydrogen) atoms. The van der Waals surface area contributed by atoms with Crippen molar-refractivity contribution in [3.8, 4) is 0 Å². The zero-order chi connectivity index (χ0) is 10.3. The summed E-state index contributed by atoms with van der Waals surface area (Å²) in [6, 6.07) is 0.455. The summed E-state index contributed by atoms with van der Waals surface area (Å²) in [5, 5.41) is 17.5. The van der Waals surface area contributed by atoms with Crippen molar-refractivity contribution in [2.45, 2.75) is 39.7 Å². The summed E-state index contributed by atoms with van der Waals surface area (Å²) in [4.78, 5) is 2.34. The van der Waals surface area contributed by atoms with Crippen molar-refractivity contribution in [3.05, 3.63) is 0 Å². The molecular formula is C9H22N2O2. The predicted octanol–water partition coefficient (Wildman–Crippen LogP) is 1.58. The highest BCUT2D eigenvalue weighted by molar-refractivity contribution is 4.68. The maximum absolute atomic E-state index is 8.59. The Morgan fingerprint density at radius 3 is 1.92 bits per heavy atom. The second-order valence-corrected chi connectivity index (χ2v) is 3.17. The van der Waals surface area contributed by atoms with Crippen LogP contribution >= 0.6 is 0 Å². The summed E-state index contributed by atoms with van der Waals surface area (Å²) in [6.07, 6.45) is 1.85. The third-order valence-electron chi connectivity index (χ3n) is 2.46. The Hall–Kier alpha value is -0.160. The van der Waals surface area contributed by atoms with E-state index in [0.29, 0.717) is 12.6 Å². The maximum Gasteiger partial charge on any atom is 0.0527 e. The van der Waals surface area contributed by atoms with E-state index in [2.05, 4.69) is 25.7 Å². The Morgan fingerprint density at radius 1 is 1.08 bits per heavy atom. The topological polar surface area (TPSA) is 46.9 Å². The van der Waals surface area contributed by atoms with Crippen LogP contribution in [0.1, 0.15) is 33.6 Å². The van der Waals surface area contributed by atoms with Crippen molar-refractivity contribution in [1.82, 2.24) is 10.1 Å². The van der Waals surface area contributed by atoms with Crippen molar-refractivity contribution in [2.24, 2.45) is 0 Å². The Bertz CT molecular complexity index is 116. The van der Waals surface area contributed by atoms with Gasteiger partial charge < -0.3 is 4.90 Å². The summed E-state index contributed by atoms with van der Waals surface area (Å²) in [7, 11) is 0. The lowest BCUT2D eigenvalue weighted by Crippen LogP contribution is -2.36. The van der Waals surface area contributed by atoms with E-state index in [-0.39, 0.29) is 5.23 Å². The van der Waals surface area contributed by atoms with Gasteiger partial charge in [0.15, 0.2) is 0 Å². The summed E-state index contributed by atoms with van der Waals surface area (Å²) >= 11 is 0. The highest BCUT2D eigenvalue weighted by Crippen LogP contribution is 2.08. The predicted molar refractivity (Wildman–Crippen MR) is 51.9 cm³/mol. The van der Waals surface area contributed by atoms with Crippen molar-refractivity contribution < 1.29 is 10.4 Å². The largest absolute Gasteiger partial charge is 0.301 e. The molecule has 4 heteroatoms. The highest BCUT2D eigenvalue weighted by Gasteiger charge is 2.13. The summed E-state index contributed by atoms with van der Waals surface area (Å²) < 4.78 is 0. The molecule has 1 unspecified atom stereocenters. The van der Waals surface area contributed by atoms with E-state index in [1.165, 1.54) is 0 Å². The van der Waals surface area contributed by atoms with Gasteiger partial charge in [-0.1, -0.05) is 26.0 Å². The molecule has 0 rings (SSSR count). The Labute approximate surface area is 80.7 Å². The first kappa shape index (κ1) is 12.8. The van der Waals surface area contributed by atoms with Gasteiger partial charge in [0.05, 0.1) is 6.54 Å². The van der Waals surface area contributed by atoms with E-state index in [1.807, 2.05) is 0 Å². The lowest BCUT2D eigenvalue weighted by Gasteiger charge is -2.29.